The van der Waals surface area contributed by atoms with Crippen molar-refractivity contribution in [1.82, 2.24) is 0 Å². The normalized spacial score (nSPS) is 39.1. The number of carbonyl (C=O) groups excluding carboxylic acids is 6. The smallest absolute Gasteiger partial charge is 0.313 e. The molecule has 0 radical (unpaired) electrons. The van der Waals surface area contributed by atoms with Crippen LogP contribution in [0.5, 0.6) is 0 Å². The van der Waals surface area contributed by atoms with Gasteiger partial charge in [0.15, 0.2) is 18.3 Å². The van der Waals surface area contributed by atoms with E-state index < -0.39 is 94.9 Å². The van der Waals surface area contributed by atoms with Gasteiger partial charge in [-0.15, -0.1) is 0 Å². The Labute approximate surface area is 235 Å². The lowest BCUT2D eigenvalue weighted by atomic mass is 9.41. The number of ether oxygens (including phenoxy) is 6. The molecule has 0 bridgehead atoms. The first-order valence-electron chi connectivity index (χ1n) is 13.4. The van der Waals surface area contributed by atoms with Crippen LogP contribution in [0.4, 0.5) is 0 Å². The van der Waals surface area contributed by atoms with Gasteiger partial charge in [0.2, 0.25) is 0 Å². The minimum Gasteiger partial charge on any atom is -0.472 e. The van der Waals surface area contributed by atoms with Crippen molar-refractivity contribution in [2.75, 3.05) is 6.61 Å². The molecule has 13 heteroatoms. The Bertz CT molecular complexity index is 1270. The average molecular weight is 577 g/mol. The Morgan fingerprint density at radius 1 is 0.854 bits per heavy atom. The highest BCUT2D eigenvalue weighted by molar-refractivity contribution is 5.80. The van der Waals surface area contributed by atoms with Gasteiger partial charge in [0.1, 0.15) is 18.1 Å². The molecular weight excluding hydrogens is 544 g/mol. The molecule has 3 heterocycles. The molecule has 1 aromatic rings. The van der Waals surface area contributed by atoms with E-state index in [0.717, 1.165) is 20.8 Å². The van der Waals surface area contributed by atoms with Gasteiger partial charge >= 0.3 is 35.8 Å². The molecule has 4 fully saturated rings. The molecular formula is C28H32O13. The van der Waals surface area contributed by atoms with E-state index in [1.54, 1.807) is 13.0 Å². The van der Waals surface area contributed by atoms with Crippen molar-refractivity contribution in [1.29, 1.82) is 0 Å². The summed E-state index contributed by atoms with van der Waals surface area (Å²) in [6.45, 7) is 6.22. The first kappa shape index (κ1) is 28.6. The van der Waals surface area contributed by atoms with E-state index in [4.69, 9.17) is 32.8 Å². The number of esters is 6. The lowest BCUT2D eigenvalue weighted by Crippen LogP contribution is -2.74. The molecule has 0 amide bonds. The van der Waals surface area contributed by atoms with Crippen LogP contribution in [0.1, 0.15) is 59.1 Å². The van der Waals surface area contributed by atoms with Gasteiger partial charge in [0.25, 0.3) is 0 Å². The summed E-state index contributed by atoms with van der Waals surface area (Å²) in [5, 5.41) is 0. The van der Waals surface area contributed by atoms with E-state index in [1.807, 2.05) is 0 Å². The van der Waals surface area contributed by atoms with Gasteiger partial charge in [-0.3, -0.25) is 28.8 Å². The number of hydrogen-bond acceptors (Lipinski definition) is 13. The second kappa shape index (κ2) is 10.2. The van der Waals surface area contributed by atoms with Crippen LogP contribution in [-0.2, 0) is 57.2 Å². The van der Waals surface area contributed by atoms with Crippen molar-refractivity contribution in [2.45, 2.75) is 78.0 Å². The van der Waals surface area contributed by atoms with Crippen LogP contribution in [0.3, 0.4) is 0 Å². The second-order valence-electron chi connectivity index (χ2n) is 11.4. The number of fused-ring (bicyclic) bond motifs is 2. The van der Waals surface area contributed by atoms with Crippen molar-refractivity contribution in [3.63, 3.8) is 0 Å². The third kappa shape index (κ3) is 4.45. The molecule has 1 spiro atoms. The molecule has 2 aliphatic heterocycles. The maximum atomic E-state index is 13.6. The van der Waals surface area contributed by atoms with Crippen LogP contribution in [0.2, 0.25) is 0 Å². The summed E-state index contributed by atoms with van der Waals surface area (Å²) in [5.41, 5.74) is -2.09. The standard InChI is InChI=1S/C28H32O13/c1-12(29)37-20-18-26(34)36-11-28(18)8-6-17-25(33)41-19(16-7-9-35-10-16)24(40-15(4)32)27(17,5)23(28)22(39-14(3)31)21(20)38-13(2)30/h7,9-10,17-24H,6,8,11H2,1-5H3/t17-,18+,19+,20-,21-,22-,23-,24+,27+,28-/m1/s1. The molecule has 1 aromatic heterocycles. The summed E-state index contributed by atoms with van der Waals surface area (Å²) >= 11 is 0. The highest BCUT2D eigenvalue weighted by Gasteiger charge is 2.78. The highest BCUT2D eigenvalue weighted by atomic mass is 16.6. The lowest BCUT2D eigenvalue weighted by Gasteiger charge is -2.64. The fourth-order valence-corrected chi connectivity index (χ4v) is 7.92. The molecule has 4 aliphatic rings. The Morgan fingerprint density at radius 3 is 2.05 bits per heavy atom. The molecule has 5 rings (SSSR count). The summed E-state index contributed by atoms with van der Waals surface area (Å²) in [4.78, 5) is 76.8. The quantitative estimate of drug-likeness (QED) is 0.367. The molecule has 2 aliphatic carbocycles. The highest BCUT2D eigenvalue weighted by Crippen LogP contribution is 2.69. The zero-order valence-electron chi connectivity index (χ0n) is 23.3. The fourth-order valence-electron chi connectivity index (χ4n) is 7.92. The third-order valence-corrected chi connectivity index (χ3v) is 9.09. The Balaban J connectivity index is 1.77. The number of cyclic esters (lactones) is 2. The summed E-state index contributed by atoms with van der Waals surface area (Å²) in [6.07, 6.45) is -3.19. The van der Waals surface area contributed by atoms with Gasteiger partial charge in [-0.2, -0.15) is 0 Å². The first-order chi connectivity index (χ1) is 19.3. The van der Waals surface area contributed by atoms with Gasteiger partial charge in [-0.1, -0.05) is 6.92 Å². The molecule has 222 valence electrons. The summed E-state index contributed by atoms with van der Waals surface area (Å²) in [6, 6.07) is 1.57. The average Bonchev–Trinajstić information content (AvgIpc) is 3.50. The van der Waals surface area contributed by atoms with E-state index in [-0.39, 0.29) is 19.4 Å². The van der Waals surface area contributed by atoms with Crippen LogP contribution in [0, 0.1) is 28.6 Å². The largest absolute Gasteiger partial charge is 0.472 e. The van der Waals surface area contributed by atoms with E-state index in [0.29, 0.717) is 5.56 Å². The third-order valence-electron chi connectivity index (χ3n) is 9.09. The minimum absolute atomic E-state index is 0.149. The van der Waals surface area contributed by atoms with Gasteiger partial charge in [0.05, 0.1) is 25.1 Å². The van der Waals surface area contributed by atoms with Crippen LogP contribution in [0.25, 0.3) is 0 Å². The van der Waals surface area contributed by atoms with Crippen molar-refractivity contribution in [3.8, 4) is 0 Å². The van der Waals surface area contributed by atoms with Crippen molar-refractivity contribution in [3.05, 3.63) is 24.2 Å². The number of hydrogen-bond donors (Lipinski definition) is 0. The van der Waals surface area contributed by atoms with Gasteiger partial charge < -0.3 is 32.8 Å². The van der Waals surface area contributed by atoms with Gasteiger partial charge in [-0.05, 0) is 18.9 Å². The topological polar surface area (TPSA) is 171 Å². The Hall–Kier alpha value is -3.90. The van der Waals surface area contributed by atoms with E-state index in [9.17, 15) is 28.8 Å². The number of rotatable bonds is 5. The summed E-state index contributed by atoms with van der Waals surface area (Å²) < 4.78 is 39.7. The summed E-state index contributed by atoms with van der Waals surface area (Å²) in [7, 11) is 0. The lowest BCUT2D eigenvalue weighted by molar-refractivity contribution is -0.287. The molecule has 0 unspecified atom stereocenters. The molecule has 41 heavy (non-hydrogen) atoms. The van der Waals surface area contributed by atoms with Crippen LogP contribution < -0.4 is 0 Å². The maximum Gasteiger partial charge on any atom is 0.313 e. The minimum atomic E-state index is -1.44. The molecule has 10 atom stereocenters. The van der Waals surface area contributed by atoms with E-state index in [2.05, 4.69) is 0 Å². The second-order valence-corrected chi connectivity index (χ2v) is 11.4. The van der Waals surface area contributed by atoms with Crippen LogP contribution in [-0.4, -0.2) is 66.8 Å². The SMILES string of the molecule is CC(=O)O[C@H]1[C@@H](OC(C)=O)[C@H]2[C@]3(CC[C@@H]4C(=O)O[C@@H](c5ccoc5)[C@H](OC(C)=O)[C@@]42C)COC(=O)[C@@H]3[C@H]1OC(C)=O. The maximum absolute atomic E-state index is 13.6. The van der Waals surface area contributed by atoms with Crippen molar-refractivity contribution >= 4 is 35.8 Å². The molecule has 2 saturated heterocycles. The van der Waals surface area contributed by atoms with Crippen LogP contribution >= 0.6 is 0 Å². The van der Waals surface area contributed by atoms with Gasteiger partial charge in [0, 0.05) is 50.0 Å². The molecule has 13 nitrogen and oxygen atoms in total. The Morgan fingerprint density at radius 2 is 1.46 bits per heavy atom. The van der Waals surface area contributed by atoms with E-state index in [1.165, 1.54) is 19.5 Å². The monoisotopic (exact) mass is 576 g/mol. The van der Waals surface area contributed by atoms with Crippen molar-refractivity contribution < 1.29 is 61.6 Å². The predicted molar refractivity (Wildman–Crippen MR) is 131 cm³/mol. The fraction of sp³-hybridized carbons (Fsp3) is 0.643. The van der Waals surface area contributed by atoms with Crippen molar-refractivity contribution in [2.24, 2.45) is 28.6 Å². The first-order valence-corrected chi connectivity index (χ1v) is 13.4. The van der Waals surface area contributed by atoms with Gasteiger partial charge in [-0.25, -0.2) is 0 Å². The Kier molecular flexibility index (Phi) is 7.11. The van der Waals surface area contributed by atoms with E-state index >= 15 is 0 Å². The molecule has 0 N–H and O–H groups in total. The predicted octanol–water partition coefficient (Wildman–Crippen LogP) is 1.81. The molecule has 2 saturated carbocycles. The molecule has 0 aromatic carbocycles. The zero-order chi connectivity index (χ0) is 29.9. The van der Waals surface area contributed by atoms with Crippen LogP contribution in [0.15, 0.2) is 23.0 Å². The summed E-state index contributed by atoms with van der Waals surface area (Å²) in [5.74, 6) is -7.16. The number of furan rings is 1. The number of carbonyl (C=O) groups is 6. The zero-order valence-corrected chi connectivity index (χ0v) is 23.3.